The standard InChI is InChI=1S/C28H25FN4OS/c1-17-6-4-8-20(14-17)16-33-19(3)24(25(30-28(33)35)21-10-12-23(29)13-11-21)27-31-26(32-34-27)22-9-5-7-18(2)15-22/h4-15,25H,16H2,1-3H3,(H,30,35). The number of benzene rings is 3. The van der Waals surface area contributed by atoms with Crippen LogP contribution in [-0.2, 0) is 6.54 Å². The van der Waals surface area contributed by atoms with Gasteiger partial charge in [0.25, 0.3) is 5.89 Å². The van der Waals surface area contributed by atoms with Gasteiger partial charge in [0.15, 0.2) is 5.11 Å². The van der Waals surface area contributed by atoms with Crippen LogP contribution in [0.3, 0.4) is 0 Å². The van der Waals surface area contributed by atoms with Crippen LogP contribution in [0, 0.1) is 19.7 Å². The van der Waals surface area contributed by atoms with E-state index in [4.69, 9.17) is 21.7 Å². The molecule has 0 radical (unpaired) electrons. The molecule has 7 heteroatoms. The van der Waals surface area contributed by atoms with Gasteiger partial charge in [0.05, 0.1) is 11.6 Å². The molecule has 0 saturated heterocycles. The highest BCUT2D eigenvalue weighted by Gasteiger charge is 2.34. The first kappa shape index (κ1) is 22.9. The molecule has 1 aliphatic rings. The summed E-state index contributed by atoms with van der Waals surface area (Å²) >= 11 is 5.78. The molecule has 1 N–H and O–H groups in total. The second kappa shape index (κ2) is 9.43. The first-order valence-electron chi connectivity index (χ1n) is 11.4. The largest absolute Gasteiger partial charge is 0.351 e. The van der Waals surface area contributed by atoms with Crippen molar-refractivity contribution in [2.75, 3.05) is 0 Å². The molecule has 5 rings (SSSR count). The Morgan fingerprint density at radius 3 is 2.40 bits per heavy atom. The van der Waals surface area contributed by atoms with Crippen molar-refractivity contribution >= 4 is 22.9 Å². The maximum Gasteiger partial charge on any atom is 0.258 e. The highest BCUT2D eigenvalue weighted by molar-refractivity contribution is 7.80. The van der Waals surface area contributed by atoms with Gasteiger partial charge in [0.1, 0.15) is 5.82 Å². The van der Waals surface area contributed by atoms with E-state index in [9.17, 15) is 4.39 Å². The van der Waals surface area contributed by atoms with E-state index in [1.54, 1.807) is 12.1 Å². The number of halogens is 1. The van der Waals surface area contributed by atoms with Crippen LogP contribution in [0.1, 0.15) is 41.1 Å². The summed E-state index contributed by atoms with van der Waals surface area (Å²) in [5.74, 6) is 0.618. The van der Waals surface area contributed by atoms with E-state index in [0.717, 1.165) is 33.5 Å². The van der Waals surface area contributed by atoms with Crippen molar-refractivity contribution in [3.05, 3.63) is 112 Å². The average molecular weight is 485 g/mol. The summed E-state index contributed by atoms with van der Waals surface area (Å²) in [7, 11) is 0. The lowest BCUT2D eigenvalue weighted by molar-refractivity contribution is 0.396. The molecule has 0 aliphatic carbocycles. The Bertz CT molecular complexity index is 1430. The van der Waals surface area contributed by atoms with Gasteiger partial charge in [-0.1, -0.05) is 70.9 Å². The Balaban J connectivity index is 1.60. The summed E-state index contributed by atoms with van der Waals surface area (Å²) in [5, 5.41) is 8.27. The minimum atomic E-state index is -0.359. The predicted octanol–water partition coefficient (Wildman–Crippen LogP) is 6.36. The smallest absolute Gasteiger partial charge is 0.258 e. The van der Waals surface area contributed by atoms with E-state index in [-0.39, 0.29) is 11.9 Å². The van der Waals surface area contributed by atoms with Crippen LogP contribution < -0.4 is 5.32 Å². The number of aromatic nitrogens is 2. The monoisotopic (exact) mass is 484 g/mol. The maximum atomic E-state index is 13.7. The number of nitrogens with zero attached hydrogens (tertiary/aromatic N) is 3. The average Bonchev–Trinajstić information content (AvgIpc) is 3.32. The molecule has 5 nitrogen and oxygen atoms in total. The number of aryl methyl sites for hydroxylation is 2. The van der Waals surface area contributed by atoms with Gasteiger partial charge >= 0.3 is 0 Å². The third-order valence-corrected chi connectivity index (χ3v) is 6.49. The molecule has 35 heavy (non-hydrogen) atoms. The summed E-state index contributed by atoms with van der Waals surface area (Å²) < 4.78 is 19.5. The molecular formula is C28H25FN4OS. The van der Waals surface area contributed by atoms with Crippen molar-refractivity contribution in [1.82, 2.24) is 20.4 Å². The van der Waals surface area contributed by atoms with Gasteiger partial charge in [-0.2, -0.15) is 4.98 Å². The molecule has 0 spiro atoms. The van der Waals surface area contributed by atoms with Crippen LogP contribution in [0.25, 0.3) is 17.0 Å². The first-order valence-corrected chi connectivity index (χ1v) is 11.8. The Kier molecular flexibility index (Phi) is 6.17. The van der Waals surface area contributed by atoms with Gasteiger partial charge in [0, 0.05) is 17.8 Å². The molecular weight excluding hydrogens is 459 g/mol. The molecule has 1 aliphatic heterocycles. The number of nitrogens with one attached hydrogen (secondary N) is 1. The fraction of sp³-hybridized carbons (Fsp3) is 0.179. The summed E-state index contributed by atoms with van der Waals surface area (Å²) in [5.41, 5.74) is 6.89. The van der Waals surface area contributed by atoms with Crippen LogP contribution in [0.4, 0.5) is 4.39 Å². The van der Waals surface area contributed by atoms with E-state index in [1.165, 1.54) is 17.7 Å². The van der Waals surface area contributed by atoms with E-state index in [0.29, 0.717) is 23.4 Å². The summed E-state index contributed by atoms with van der Waals surface area (Å²) in [4.78, 5) is 6.79. The second-order valence-electron chi connectivity index (χ2n) is 8.80. The fourth-order valence-corrected chi connectivity index (χ4v) is 4.70. The van der Waals surface area contributed by atoms with Crippen molar-refractivity contribution in [2.45, 2.75) is 33.4 Å². The summed E-state index contributed by atoms with van der Waals surface area (Å²) in [6, 6.07) is 22.3. The zero-order chi connectivity index (χ0) is 24.5. The van der Waals surface area contributed by atoms with Crippen LogP contribution in [0.5, 0.6) is 0 Å². The normalized spacial score (nSPS) is 15.9. The lowest BCUT2D eigenvalue weighted by Gasteiger charge is -2.37. The second-order valence-corrected chi connectivity index (χ2v) is 9.19. The zero-order valence-electron chi connectivity index (χ0n) is 19.7. The highest BCUT2D eigenvalue weighted by atomic mass is 32.1. The fourth-order valence-electron chi connectivity index (χ4n) is 4.38. The highest BCUT2D eigenvalue weighted by Crippen LogP contribution is 2.38. The summed E-state index contributed by atoms with van der Waals surface area (Å²) in [6.07, 6.45) is 0. The van der Waals surface area contributed by atoms with E-state index >= 15 is 0 Å². The van der Waals surface area contributed by atoms with Crippen LogP contribution in [0.15, 0.2) is 83.0 Å². The summed E-state index contributed by atoms with van der Waals surface area (Å²) in [6.45, 7) is 6.69. The third-order valence-electron chi connectivity index (χ3n) is 6.16. The van der Waals surface area contributed by atoms with Crippen LogP contribution >= 0.6 is 12.2 Å². The number of hydrogen-bond acceptors (Lipinski definition) is 4. The Labute approximate surface area is 209 Å². The Morgan fingerprint density at radius 1 is 0.971 bits per heavy atom. The van der Waals surface area contributed by atoms with Crippen LogP contribution in [-0.4, -0.2) is 20.2 Å². The van der Waals surface area contributed by atoms with Crippen molar-refractivity contribution in [2.24, 2.45) is 0 Å². The third kappa shape index (κ3) is 4.72. The van der Waals surface area contributed by atoms with Gasteiger partial charge in [-0.3, -0.25) is 0 Å². The van der Waals surface area contributed by atoms with Gasteiger partial charge < -0.3 is 14.7 Å². The predicted molar refractivity (Wildman–Crippen MR) is 139 cm³/mol. The van der Waals surface area contributed by atoms with Gasteiger partial charge in [-0.05, 0) is 62.3 Å². The maximum absolute atomic E-state index is 13.7. The molecule has 0 bridgehead atoms. The molecule has 2 heterocycles. The van der Waals surface area contributed by atoms with Crippen molar-refractivity contribution < 1.29 is 8.91 Å². The topological polar surface area (TPSA) is 54.2 Å². The first-order chi connectivity index (χ1) is 16.9. The number of thiocarbonyl (C=S) groups is 1. The van der Waals surface area contributed by atoms with Gasteiger partial charge in [0.2, 0.25) is 5.82 Å². The quantitative estimate of drug-likeness (QED) is 0.333. The molecule has 0 fully saturated rings. The minimum absolute atomic E-state index is 0.296. The van der Waals surface area contributed by atoms with Crippen molar-refractivity contribution in [3.63, 3.8) is 0 Å². The van der Waals surface area contributed by atoms with E-state index < -0.39 is 0 Å². The Hall–Kier alpha value is -3.84. The molecule has 4 aromatic rings. The lowest BCUT2D eigenvalue weighted by Crippen LogP contribution is -2.45. The zero-order valence-corrected chi connectivity index (χ0v) is 20.6. The van der Waals surface area contributed by atoms with E-state index in [1.807, 2.05) is 49.1 Å². The molecule has 3 aromatic carbocycles. The SMILES string of the molecule is CC1=C(c2nc(-c3cccc(C)c3)no2)C(c2ccc(F)cc2)NC(=S)N1Cc1cccc(C)c1. The molecule has 0 saturated carbocycles. The molecule has 1 aromatic heterocycles. The van der Waals surface area contributed by atoms with E-state index in [2.05, 4.69) is 35.6 Å². The van der Waals surface area contributed by atoms with Crippen LogP contribution in [0.2, 0.25) is 0 Å². The minimum Gasteiger partial charge on any atom is -0.351 e. The number of rotatable bonds is 5. The molecule has 1 atom stereocenters. The molecule has 0 amide bonds. The number of allylic oxidation sites excluding steroid dienone is 1. The molecule has 1 unspecified atom stereocenters. The van der Waals surface area contributed by atoms with Crippen molar-refractivity contribution in [3.8, 4) is 11.4 Å². The van der Waals surface area contributed by atoms with Gasteiger partial charge in [-0.25, -0.2) is 4.39 Å². The molecule has 176 valence electrons. The van der Waals surface area contributed by atoms with Crippen molar-refractivity contribution in [1.29, 1.82) is 0 Å². The number of hydrogen-bond donors (Lipinski definition) is 1. The van der Waals surface area contributed by atoms with Gasteiger partial charge in [-0.15, -0.1) is 0 Å². The lowest BCUT2D eigenvalue weighted by atomic mass is 9.94. The Morgan fingerprint density at radius 2 is 1.69 bits per heavy atom.